The van der Waals surface area contributed by atoms with E-state index in [-0.39, 0.29) is 0 Å². The standard InChI is InChI=1S/C14H22N2O/c1-12-3-5-13(6-4-12)14(11-15)16-7-2-9-17-10-8-16/h3-6,14H,2,7-11,15H2,1H3. The molecule has 1 heterocycles. The van der Waals surface area contributed by atoms with Crippen LogP contribution < -0.4 is 5.73 Å². The number of rotatable bonds is 3. The van der Waals surface area contributed by atoms with Gasteiger partial charge in [0.1, 0.15) is 0 Å². The van der Waals surface area contributed by atoms with E-state index in [1.165, 1.54) is 11.1 Å². The molecule has 0 aliphatic carbocycles. The SMILES string of the molecule is Cc1ccc(C(CN)N2CCCOCC2)cc1. The van der Waals surface area contributed by atoms with Crippen molar-refractivity contribution >= 4 is 0 Å². The van der Waals surface area contributed by atoms with E-state index in [0.29, 0.717) is 12.6 Å². The van der Waals surface area contributed by atoms with Gasteiger partial charge in [0.2, 0.25) is 0 Å². The highest BCUT2D eigenvalue weighted by Gasteiger charge is 2.19. The second-order valence-electron chi connectivity index (χ2n) is 4.66. The molecule has 0 bridgehead atoms. The van der Waals surface area contributed by atoms with Crippen molar-refractivity contribution in [1.82, 2.24) is 4.90 Å². The molecule has 1 aromatic rings. The van der Waals surface area contributed by atoms with Crippen molar-refractivity contribution in [2.45, 2.75) is 19.4 Å². The Bertz CT molecular complexity index is 329. The first-order valence-corrected chi connectivity index (χ1v) is 6.39. The molecule has 0 saturated carbocycles. The highest BCUT2D eigenvalue weighted by atomic mass is 16.5. The molecule has 2 N–H and O–H groups in total. The summed E-state index contributed by atoms with van der Waals surface area (Å²) in [6, 6.07) is 9.04. The number of ether oxygens (including phenoxy) is 1. The molecule has 1 unspecified atom stereocenters. The maximum atomic E-state index is 5.94. The van der Waals surface area contributed by atoms with Gasteiger partial charge in [-0.05, 0) is 18.9 Å². The summed E-state index contributed by atoms with van der Waals surface area (Å²) in [5.41, 5.74) is 8.56. The summed E-state index contributed by atoms with van der Waals surface area (Å²) in [4.78, 5) is 2.44. The number of nitrogens with two attached hydrogens (primary N) is 1. The van der Waals surface area contributed by atoms with E-state index in [2.05, 4.69) is 36.1 Å². The second kappa shape index (κ2) is 6.15. The van der Waals surface area contributed by atoms with Gasteiger partial charge in [0.05, 0.1) is 6.61 Å². The molecule has 0 radical (unpaired) electrons. The van der Waals surface area contributed by atoms with Crippen LogP contribution in [-0.4, -0.2) is 37.7 Å². The molecule has 1 aliphatic rings. The summed E-state index contributed by atoms with van der Waals surface area (Å²) in [5, 5.41) is 0. The molecule has 1 aromatic carbocycles. The summed E-state index contributed by atoms with van der Waals surface area (Å²) in [7, 11) is 0. The minimum Gasteiger partial charge on any atom is -0.380 e. The van der Waals surface area contributed by atoms with Gasteiger partial charge in [0.25, 0.3) is 0 Å². The molecule has 1 aliphatic heterocycles. The van der Waals surface area contributed by atoms with Gasteiger partial charge in [-0.25, -0.2) is 0 Å². The normalized spacial score (nSPS) is 19.9. The number of hydrogen-bond acceptors (Lipinski definition) is 3. The first-order valence-electron chi connectivity index (χ1n) is 6.39. The fraction of sp³-hybridized carbons (Fsp3) is 0.571. The summed E-state index contributed by atoms with van der Waals surface area (Å²) < 4.78 is 5.49. The lowest BCUT2D eigenvalue weighted by atomic mass is 10.0. The van der Waals surface area contributed by atoms with Gasteiger partial charge >= 0.3 is 0 Å². The van der Waals surface area contributed by atoms with Crippen molar-refractivity contribution in [3.05, 3.63) is 35.4 Å². The first-order chi connectivity index (χ1) is 8.31. The zero-order valence-corrected chi connectivity index (χ0v) is 10.6. The largest absolute Gasteiger partial charge is 0.380 e. The number of aryl methyl sites for hydroxylation is 1. The lowest BCUT2D eigenvalue weighted by Gasteiger charge is -2.29. The monoisotopic (exact) mass is 234 g/mol. The van der Waals surface area contributed by atoms with E-state index in [0.717, 1.165) is 32.7 Å². The van der Waals surface area contributed by atoms with Crippen molar-refractivity contribution in [2.75, 3.05) is 32.8 Å². The average molecular weight is 234 g/mol. The van der Waals surface area contributed by atoms with E-state index < -0.39 is 0 Å². The summed E-state index contributed by atoms with van der Waals surface area (Å²) in [6.45, 7) is 6.54. The van der Waals surface area contributed by atoms with Crippen molar-refractivity contribution in [1.29, 1.82) is 0 Å². The minimum atomic E-state index is 0.331. The Morgan fingerprint density at radius 1 is 1.24 bits per heavy atom. The Morgan fingerprint density at radius 2 is 2.00 bits per heavy atom. The van der Waals surface area contributed by atoms with Crippen LogP contribution in [0.3, 0.4) is 0 Å². The fourth-order valence-corrected chi connectivity index (χ4v) is 2.36. The molecule has 3 nitrogen and oxygen atoms in total. The van der Waals surface area contributed by atoms with Crippen LogP contribution >= 0.6 is 0 Å². The van der Waals surface area contributed by atoms with Gasteiger partial charge in [-0.2, -0.15) is 0 Å². The van der Waals surface area contributed by atoms with E-state index in [9.17, 15) is 0 Å². The van der Waals surface area contributed by atoms with Crippen LogP contribution in [0.5, 0.6) is 0 Å². The van der Waals surface area contributed by atoms with E-state index >= 15 is 0 Å². The van der Waals surface area contributed by atoms with Crippen LogP contribution in [0.25, 0.3) is 0 Å². The smallest absolute Gasteiger partial charge is 0.0593 e. The Morgan fingerprint density at radius 3 is 2.71 bits per heavy atom. The van der Waals surface area contributed by atoms with Crippen molar-refractivity contribution < 1.29 is 4.74 Å². The molecule has 0 spiro atoms. The van der Waals surface area contributed by atoms with Crippen molar-refractivity contribution in [3.8, 4) is 0 Å². The Balaban J connectivity index is 2.11. The van der Waals surface area contributed by atoms with Crippen LogP contribution in [0.15, 0.2) is 24.3 Å². The van der Waals surface area contributed by atoms with Gasteiger partial charge in [-0.15, -0.1) is 0 Å². The quantitative estimate of drug-likeness (QED) is 0.865. The third-order valence-electron chi connectivity index (χ3n) is 3.38. The molecule has 0 amide bonds. The lowest BCUT2D eigenvalue weighted by Crippen LogP contribution is -2.35. The van der Waals surface area contributed by atoms with Crippen molar-refractivity contribution in [2.24, 2.45) is 5.73 Å². The Kier molecular flexibility index (Phi) is 4.54. The predicted molar refractivity (Wildman–Crippen MR) is 70.0 cm³/mol. The summed E-state index contributed by atoms with van der Waals surface area (Å²) in [5.74, 6) is 0. The Hall–Kier alpha value is -0.900. The topological polar surface area (TPSA) is 38.5 Å². The number of benzene rings is 1. The predicted octanol–water partition coefficient (Wildman–Crippen LogP) is 1.72. The zero-order chi connectivity index (χ0) is 12.1. The van der Waals surface area contributed by atoms with Crippen molar-refractivity contribution in [3.63, 3.8) is 0 Å². The van der Waals surface area contributed by atoms with Gasteiger partial charge in [-0.3, -0.25) is 4.90 Å². The van der Waals surface area contributed by atoms with Crippen LogP contribution in [-0.2, 0) is 4.74 Å². The molecule has 1 saturated heterocycles. The van der Waals surface area contributed by atoms with Gasteiger partial charge in [0.15, 0.2) is 0 Å². The highest BCUT2D eigenvalue weighted by Crippen LogP contribution is 2.21. The van der Waals surface area contributed by atoms with E-state index in [4.69, 9.17) is 10.5 Å². The van der Waals surface area contributed by atoms with E-state index in [1.54, 1.807) is 0 Å². The third kappa shape index (κ3) is 3.28. The molecule has 2 rings (SSSR count). The molecule has 1 atom stereocenters. The first kappa shape index (κ1) is 12.6. The minimum absolute atomic E-state index is 0.331. The average Bonchev–Trinajstić information content (AvgIpc) is 2.62. The van der Waals surface area contributed by atoms with Gasteiger partial charge in [-0.1, -0.05) is 29.8 Å². The lowest BCUT2D eigenvalue weighted by molar-refractivity contribution is 0.132. The third-order valence-corrected chi connectivity index (χ3v) is 3.38. The van der Waals surface area contributed by atoms with Gasteiger partial charge < -0.3 is 10.5 Å². The highest BCUT2D eigenvalue weighted by molar-refractivity contribution is 5.24. The summed E-state index contributed by atoms with van der Waals surface area (Å²) in [6.07, 6.45) is 1.10. The maximum absolute atomic E-state index is 5.94. The summed E-state index contributed by atoms with van der Waals surface area (Å²) >= 11 is 0. The van der Waals surface area contributed by atoms with Crippen LogP contribution in [0, 0.1) is 6.92 Å². The van der Waals surface area contributed by atoms with Crippen LogP contribution in [0.4, 0.5) is 0 Å². The zero-order valence-electron chi connectivity index (χ0n) is 10.6. The Labute approximate surface area is 104 Å². The molecule has 17 heavy (non-hydrogen) atoms. The van der Waals surface area contributed by atoms with Gasteiger partial charge in [0, 0.05) is 32.3 Å². The second-order valence-corrected chi connectivity index (χ2v) is 4.66. The van der Waals surface area contributed by atoms with Crippen LogP contribution in [0.2, 0.25) is 0 Å². The number of nitrogens with zero attached hydrogens (tertiary/aromatic N) is 1. The fourth-order valence-electron chi connectivity index (χ4n) is 2.36. The molecule has 3 heteroatoms. The maximum Gasteiger partial charge on any atom is 0.0593 e. The van der Waals surface area contributed by atoms with Crippen LogP contribution in [0.1, 0.15) is 23.6 Å². The van der Waals surface area contributed by atoms with E-state index in [1.807, 2.05) is 0 Å². The molecular weight excluding hydrogens is 212 g/mol. The molecule has 1 fully saturated rings. The molecule has 0 aromatic heterocycles. The number of hydrogen-bond donors (Lipinski definition) is 1. The molecular formula is C14H22N2O. The molecule has 94 valence electrons.